The van der Waals surface area contributed by atoms with E-state index in [4.69, 9.17) is 9.47 Å². The fourth-order valence-electron chi connectivity index (χ4n) is 4.53. The number of carbonyl (C=O) groups is 2. The molecular weight excluding hydrogens is 466 g/mol. The minimum atomic E-state index is -0.822. The molecule has 1 N–H and O–H groups in total. The second-order valence-electron chi connectivity index (χ2n) is 8.24. The van der Waals surface area contributed by atoms with Crippen LogP contribution in [0.2, 0.25) is 0 Å². The van der Waals surface area contributed by atoms with Gasteiger partial charge in [0.15, 0.2) is 4.80 Å². The van der Waals surface area contributed by atoms with Crippen LogP contribution in [0.1, 0.15) is 36.6 Å². The van der Waals surface area contributed by atoms with Gasteiger partial charge in [-0.25, -0.2) is 9.79 Å². The second kappa shape index (κ2) is 8.66. The van der Waals surface area contributed by atoms with E-state index in [1.165, 1.54) is 11.7 Å². The zero-order chi connectivity index (χ0) is 24.9. The van der Waals surface area contributed by atoms with Crippen LogP contribution in [0.5, 0.6) is 5.75 Å². The Morgan fingerprint density at radius 3 is 2.69 bits per heavy atom. The molecule has 1 aromatic heterocycles. The molecule has 0 aliphatic carbocycles. The lowest BCUT2D eigenvalue weighted by molar-refractivity contribution is -0.139. The summed E-state index contributed by atoms with van der Waals surface area (Å²) in [5, 5.41) is 2.84. The topological polar surface area (TPSA) is 99.0 Å². The lowest BCUT2D eigenvalue weighted by atomic mass is 9.95. The maximum atomic E-state index is 14.0. The number of amides is 1. The van der Waals surface area contributed by atoms with E-state index in [1.807, 2.05) is 43.3 Å². The van der Waals surface area contributed by atoms with Crippen molar-refractivity contribution in [3.8, 4) is 5.75 Å². The summed E-state index contributed by atoms with van der Waals surface area (Å²) in [6.45, 7) is 5.55. The maximum Gasteiger partial charge on any atom is 0.338 e. The predicted octanol–water partition coefficient (Wildman–Crippen LogP) is 2.44. The third-order valence-corrected chi connectivity index (χ3v) is 7.13. The Bertz CT molecular complexity index is 1610. The molecule has 1 atom stereocenters. The first-order valence-corrected chi connectivity index (χ1v) is 11.9. The summed E-state index contributed by atoms with van der Waals surface area (Å²) in [5.41, 5.74) is 3.54. The number of nitrogens with zero attached hydrogens (tertiary/aromatic N) is 2. The van der Waals surface area contributed by atoms with Gasteiger partial charge in [0, 0.05) is 16.8 Å². The maximum absolute atomic E-state index is 14.0. The highest BCUT2D eigenvalue weighted by Crippen LogP contribution is 2.36. The molecule has 5 rings (SSSR count). The van der Waals surface area contributed by atoms with E-state index in [0.717, 1.165) is 16.9 Å². The zero-order valence-electron chi connectivity index (χ0n) is 19.7. The molecule has 0 radical (unpaired) electrons. The number of thiazole rings is 1. The molecule has 35 heavy (non-hydrogen) atoms. The van der Waals surface area contributed by atoms with E-state index in [2.05, 4.69) is 10.3 Å². The molecule has 2 aliphatic heterocycles. The van der Waals surface area contributed by atoms with Crippen LogP contribution in [0.25, 0.3) is 5.57 Å². The number of rotatable bonds is 4. The van der Waals surface area contributed by atoms with Gasteiger partial charge in [-0.2, -0.15) is 0 Å². The molecule has 3 heterocycles. The summed E-state index contributed by atoms with van der Waals surface area (Å²) in [6.07, 6.45) is 0. The number of para-hydroxylation sites is 1. The molecule has 8 nitrogen and oxygen atoms in total. The second-order valence-corrected chi connectivity index (χ2v) is 9.22. The quantitative estimate of drug-likeness (QED) is 0.568. The number of hydrogen-bond donors (Lipinski definition) is 1. The average molecular weight is 490 g/mol. The number of benzene rings is 2. The van der Waals surface area contributed by atoms with E-state index in [-0.39, 0.29) is 22.6 Å². The average Bonchev–Trinajstić information content (AvgIpc) is 3.32. The summed E-state index contributed by atoms with van der Waals surface area (Å²) in [5.74, 6) is -0.375. The van der Waals surface area contributed by atoms with E-state index >= 15 is 0 Å². The lowest BCUT2D eigenvalue weighted by Crippen LogP contribution is -2.40. The van der Waals surface area contributed by atoms with Crippen molar-refractivity contribution in [2.45, 2.75) is 26.8 Å². The smallest absolute Gasteiger partial charge is 0.338 e. The van der Waals surface area contributed by atoms with Crippen LogP contribution in [-0.2, 0) is 14.3 Å². The van der Waals surface area contributed by atoms with Crippen molar-refractivity contribution >= 4 is 34.5 Å². The number of hydrogen-bond acceptors (Lipinski definition) is 7. The third kappa shape index (κ3) is 3.59. The Kier molecular flexibility index (Phi) is 5.64. The summed E-state index contributed by atoms with van der Waals surface area (Å²) < 4.78 is 12.6. The molecule has 1 amide bonds. The van der Waals surface area contributed by atoms with Gasteiger partial charge in [0.2, 0.25) is 0 Å². The Labute approximate surface area is 204 Å². The normalized spacial score (nSPS) is 17.9. The molecule has 178 valence electrons. The van der Waals surface area contributed by atoms with Gasteiger partial charge >= 0.3 is 5.97 Å². The van der Waals surface area contributed by atoms with Crippen LogP contribution in [-0.4, -0.2) is 30.2 Å². The van der Waals surface area contributed by atoms with Crippen LogP contribution in [0.15, 0.2) is 63.5 Å². The molecule has 0 spiro atoms. The Morgan fingerprint density at radius 1 is 1.17 bits per heavy atom. The van der Waals surface area contributed by atoms with E-state index in [0.29, 0.717) is 38.6 Å². The SMILES string of the molecule is CCOC(=O)C1=C(C)N=c2s/c(=C3\C(=O)Nc4ccc(C)cc43)c(=O)n2[C@@H]1c1ccccc1OC. The van der Waals surface area contributed by atoms with E-state index < -0.39 is 17.6 Å². The van der Waals surface area contributed by atoms with Crippen molar-refractivity contribution in [2.24, 2.45) is 4.99 Å². The molecular formula is C26H23N3O5S. The predicted molar refractivity (Wildman–Crippen MR) is 132 cm³/mol. The molecule has 0 bridgehead atoms. The third-order valence-electron chi connectivity index (χ3n) is 6.07. The number of allylic oxidation sites excluding steroid dienone is 1. The number of nitrogens with one attached hydrogen (secondary N) is 1. The van der Waals surface area contributed by atoms with Crippen molar-refractivity contribution in [3.05, 3.63) is 90.1 Å². The number of methoxy groups -OCH3 is 1. The number of anilines is 1. The molecule has 9 heteroatoms. The first kappa shape index (κ1) is 22.8. The van der Waals surface area contributed by atoms with Gasteiger partial charge in [0.25, 0.3) is 11.5 Å². The van der Waals surface area contributed by atoms with Gasteiger partial charge in [0.05, 0.1) is 30.6 Å². The minimum Gasteiger partial charge on any atom is -0.496 e. The number of fused-ring (bicyclic) bond motifs is 2. The van der Waals surface area contributed by atoms with Gasteiger partial charge in [-0.1, -0.05) is 41.2 Å². The fraction of sp³-hybridized carbons (Fsp3) is 0.231. The molecule has 2 aromatic carbocycles. The van der Waals surface area contributed by atoms with Crippen LogP contribution in [0.3, 0.4) is 0 Å². The van der Waals surface area contributed by atoms with Crippen molar-refractivity contribution < 1.29 is 19.1 Å². The van der Waals surface area contributed by atoms with Crippen molar-refractivity contribution in [1.82, 2.24) is 4.57 Å². The Hall–Kier alpha value is -3.98. The summed E-state index contributed by atoms with van der Waals surface area (Å²) in [7, 11) is 1.54. The van der Waals surface area contributed by atoms with E-state index in [9.17, 15) is 14.4 Å². The largest absolute Gasteiger partial charge is 0.496 e. The molecule has 0 fully saturated rings. The summed E-state index contributed by atoms with van der Waals surface area (Å²) >= 11 is 1.13. The van der Waals surface area contributed by atoms with Gasteiger partial charge in [-0.3, -0.25) is 14.2 Å². The van der Waals surface area contributed by atoms with E-state index in [1.54, 1.807) is 19.9 Å². The van der Waals surface area contributed by atoms with Crippen LogP contribution in [0, 0.1) is 6.92 Å². The first-order chi connectivity index (χ1) is 16.8. The molecule has 2 aliphatic rings. The molecule has 0 saturated heterocycles. The highest BCUT2D eigenvalue weighted by Gasteiger charge is 2.36. The van der Waals surface area contributed by atoms with Gasteiger partial charge in [-0.05, 0) is 39.0 Å². The number of ether oxygens (including phenoxy) is 2. The van der Waals surface area contributed by atoms with Gasteiger partial charge < -0.3 is 14.8 Å². The Morgan fingerprint density at radius 2 is 1.94 bits per heavy atom. The van der Waals surface area contributed by atoms with Gasteiger partial charge in [0.1, 0.15) is 16.3 Å². The number of aryl methyl sites for hydroxylation is 1. The number of esters is 1. The Balaban J connectivity index is 1.85. The standard InChI is InChI=1S/C26H23N3O5S/c1-5-34-25(32)19-14(3)27-26-29(21(19)15-8-6-7-9-18(15)33-4)24(31)22(35-26)20-16-12-13(2)10-11-17(16)28-23(20)30/h6-12,21H,5H2,1-4H3,(H,28,30)/b22-20-/t21-/m1/s1. The molecule has 0 unspecified atom stereocenters. The monoisotopic (exact) mass is 489 g/mol. The van der Waals surface area contributed by atoms with Crippen LogP contribution >= 0.6 is 11.3 Å². The minimum absolute atomic E-state index is 0.180. The highest BCUT2D eigenvalue weighted by molar-refractivity contribution is 7.07. The van der Waals surface area contributed by atoms with Crippen LogP contribution < -0.4 is 24.9 Å². The zero-order valence-corrected chi connectivity index (χ0v) is 20.5. The van der Waals surface area contributed by atoms with Crippen molar-refractivity contribution in [1.29, 1.82) is 0 Å². The number of carbonyl (C=O) groups excluding carboxylic acids is 2. The summed E-state index contributed by atoms with van der Waals surface area (Å²) in [4.78, 5) is 45.0. The van der Waals surface area contributed by atoms with Crippen molar-refractivity contribution in [2.75, 3.05) is 19.0 Å². The summed E-state index contributed by atoms with van der Waals surface area (Å²) in [6, 6.07) is 12.0. The highest BCUT2D eigenvalue weighted by atomic mass is 32.1. The van der Waals surface area contributed by atoms with Crippen LogP contribution in [0.4, 0.5) is 5.69 Å². The van der Waals surface area contributed by atoms with Crippen molar-refractivity contribution in [3.63, 3.8) is 0 Å². The lowest BCUT2D eigenvalue weighted by Gasteiger charge is -2.25. The molecule has 3 aromatic rings. The number of aromatic nitrogens is 1. The molecule has 0 saturated carbocycles. The first-order valence-electron chi connectivity index (χ1n) is 11.1. The fourth-order valence-corrected chi connectivity index (χ4v) is 5.68. The van der Waals surface area contributed by atoms with Gasteiger partial charge in [-0.15, -0.1) is 0 Å².